The fourth-order valence-electron chi connectivity index (χ4n) is 1.64. The topological polar surface area (TPSA) is 75.8 Å². The molecule has 0 fully saturated rings. The number of likely N-dealkylation sites (N-methyl/N-ethyl adjacent to an activating group) is 1. The van der Waals surface area contributed by atoms with Crippen LogP contribution >= 0.6 is 0 Å². The second kappa shape index (κ2) is 6.18. The van der Waals surface area contributed by atoms with Crippen molar-refractivity contribution in [2.75, 3.05) is 20.8 Å². The average Bonchev–Trinajstić information content (AvgIpc) is 2.15. The second-order valence-corrected chi connectivity index (χ2v) is 4.75. The van der Waals surface area contributed by atoms with Crippen LogP contribution in [0.4, 0.5) is 0 Å². The molecule has 96 valence electrons. The van der Waals surface area contributed by atoms with Crippen LogP contribution in [0.2, 0.25) is 0 Å². The Balaban J connectivity index is 4.34. The number of carboxylic acids is 1. The van der Waals surface area contributed by atoms with E-state index in [0.29, 0.717) is 13.0 Å². The third-order valence-electron chi connectivity index (χ3n) is 3.01. The summed E-state index contributed by atoms with van der Waals surface area (Å²) < 4.78 is 5.06. The number of carboxylic acid groups (broad SMARTS) is 1. The molecule has 0 aliphatic heterocycles. The van der Waals surface area contributed by atoms with Gasteiger partial charge in [-0.1, -0.05) is 0 Å². The smallest absolute Gasteiger partial charge is 0.323 e. The lowest BCUT2D eigenvalue weighted by atomic mass is 9.94. The van der Waals surface area contributed by atoms with E-state index in [9.17, 15) is 4.79 Å². The summed E-state index contributed by atoms with van der Waals surface area (Å²) in [5, 5.41) is 8.95. The second-order valence-electron chi connectivity index (χ2n) is 4.75. The van der Waals surface area contributed by atoms with Gasteiger partial charge in [0.05, 0.1) is 6.61 Å². The van der Waals surface area contributed by atoms with Crippen molar-refractivity contribution in [3.05, 3.63) is 0 Å². The Bertz CT molecular complexity index is 231. The molecule has 0 aromatic carbocycles. The highest BCUT2D eigenvalue weighted by Crippen LogP contribution is 2.15. The van der Waals surface area contributed by atoms with Crippen LogP contribution in [-0.2, 0) is 9.53 Å². The molecule has 0 aliphatic carbocycles. The third-order valence-corrected chi connectivity index (χ3v) is 3.01. The molecule has 0 aromatic heterocycles. The molecule has 0 radical (unpaired) electrons. The van der Waals surface area contributed by atoms with E-state index in [2.05, 4.69) is 4.90 Å². The lowest BCUT2D eigenvalue weighted by molar-refractivity contribution is -0.143. The Morgan fingerprint density at radius 1 is 1.50 bits per heavy atom. The molecule has 3 unspecified atom stereocenters. The number of aliphatic carboxylic acids is 1. The van der Waals surface area contributed by atoms with Gasteiger partial charge >= 0.3 is 5.97 Å². The fraction of sp³-hybridized carbons (Fsp3) is 0.909. The molecule has 16 heavy (non-hydrogen) atoms. The highest BCUT2D eigenvalue weighted by molar-refractivity contribution is 5.77. The quantitative estimate of drug-likeness (QED) is 0.670. The minimum atomic E-state index is -1.18. The van der Waals surface area contributed by atoms with Crippen LogP contribution in [-0.4, -0.2) is 54.4 Å². The summed E-state index contributed by atoms with van der Waals surface area (Å²) in [5.41, 5.74) is 4.53. The lowest BCUT2D eigenvalue weighted by Crippen LogP contribution is -2.51. The van der Waals surface area contributed by atoms with E-state index in [-0.39, 0.29) is 12.1 Å². The summed E-state index contributed by atoms with van der Waals surface area (Å²) in [4.78, 5) is 13.0. The van der Waals surface area contributed by atoms with Gasteiger partial charge in [-0.25, -0.2) is 0 Å². The highest BCUT2D eigenvalue weighted by Gasteiger charge is 2.31. The number of ether oxygens (including phenoxy) is 1. The summed E-state index contributed by atoms with van der Waals surface area (Å²) in [6.07, 6.45) is 0.410. The first-order chi connectivity index (χ1) is 7.22. The van der Waals surface area contributed by atoms with E-state index in [4.69, 9.17) is 15.6 Å². The first-order valence-corrected chi connectivity index (χ1v) is 5.45. The number of nitrogens with zero attached hydrogens (tertiary/aromatic N) is 1. The Morgan fingerprint density at radius 3 is 2.38 bits per heavy atom. The van der Waals surface area contributed by atoms with Crippen molar-refractivity contribution in [1.29, 1.82) is 0 Å². The maximum atomic E-state index is 10.9. The van der Waals surface area contributed by atoms with Gasteiger partial charge in [0.2, 0.25) is 0 Å². The molecule has 0 amide bonds. The summed E-state index contributed by atoms with van der Waals surface area (Å²) in [5.74, 6) is -0.966. The molecule has 0 aliphatic rings. The maximum Gasteiger partial charge on any atom is 0.323 e. The number of hydrogen-bond donors (Lipinski definition) is 2. The van der Waals surface area contributed by atoms with Gasteiger partial charge in [-0.05, 0) is 34.2 Å². The standard InChI is InChI=1S/C11H24N2O3/c1-8(6-11(3,12)10(14)15)13(4)9(2)7-16-5/h8-9H,6-7,12H2,1-5H3,(H,14,15). The van der Waals surface area contributed by atoms with E-state index in [1.54, 1.807) is 14.0 Å². The molecular weight excluding hydrogens is 208 g/mol. The zero-order valence-corrected chi connectivity index (χ0v) is 10.9. The molecule has 5 heteroatoms. The zero-order valence-electron chi connectivity index (χ0n) is 10.9. The minimum absolute atomic E-state index is 0.0937. The molecule has 0 aromatic rings. The van der Waals surface area contributed by atoms with Crippen LogP contribution in [0.3, 0.4) is 0 Å². The highest BCUT2D eigenvalue weighted by atomic mass is 16.5. The van der Waals surface area contributed by atoms with Crippen LogP contribution in [0.1, 0.15) is 27.2 Å². The van der Waals surface area contributed by atoms with Gasteiger partial charge in [-0.3, -0.25) is 9.69 Å². The van der Waals surface area contributed by atoms with Crippen molar-refractivity contribution in [3.8, 4) is 0 Å². The van der Waals surface area contributed by atoms with E-state index < -0.39 is 11.5 Å². The molecular formula is C11H24N2O3. The van der Waals surface area contributed by atoms with Crippen LogP contribution < -0.4 is 5.73 Å². The molecule has 0 rings (SSSR count). The van der Waals surface area contributed by atoms with Crippen molar-refractivity contribution in [2.45, 2.75) is 44.8 Å². The Labute approximate surface area is 97.6 Å². The van der Waals surface area contributed by atoms with Crippen molar-refractivity contribution >= 4 is 5.97 Å². The maximum absolute atomic E-state index is 10.9. The normalized spacial score (nSPS) is 19.2. The Morgan fingerprint density at radius 2 is 2.00 bits per heavy atom. The lowest BCUT2D eigenvalue weighted by Gasteiger charge is -2.34. The first kappa shape index (κ1) is 15.3. The van der Waals surface area contributed by atoms with Gasteiger partial charge < -0.3 is 15.6 Å². The van der Waals surface area contributed by atoms with Crippen LogP contribution in [0, 0.1) is 0 Å². The van der Waals surface area contributed by atoms with Crippen molar-refractivity contribution in [2.24, 2.45) is 5.73 Å². The fourth-order valence-corrected chi connectivity index (χ4v) is 1.64. The zero-order chi connectivity index (χ0) is 12.9. The minimum Gasteiger partial charge on any atom is -0.480 e. The number of rotatable bonds is 7. The largest absolute Gasteiger partial charge is 0.480 e. The van der Waals surface area contributed by atoms with Gasteiger partial charge in [-0.2, -0.15) is 0 Å². The average molecular weight is 232 g/mol. The monoisotopic (exact) mass is 232 g/mol. The van der Waals surface area contributed by atoms with Crippen LogP contribution in [0.5, 0.6) is 0 Å². The van der Waals surface area contributed by atoms with Gasteiger partial charge in [-0.15, -0.1) is 0 Å². The van der Waals surface area contributed by atoms with E-state index in [0.717, 1.165) is 0 Å². The van der Waals surface area contributed by atoms with E-state index in [1.807, 2.05) is 20.9 Å². The summed E-state index contributed by atoms with van der Waals surface area (Å²) in [6, 6.07) is 0.334. The predicted molar refractivity (Wildman–Crippen MR) is 63.4 cm³/mol. The summed E-state index contributed by atoms with van der Waals surface area (Å²) >= 11 is 0. The van der Waals surface area contributed by atoms with Crippen LogP contribution in [0.25, 0.3) is 0 Å². The Hall–Kier alpha value is -0.650. The number of hydrogen-bond acceptors (Lipinski definition) is 4. The summed E-state index contributed by atoms with van der Waals surface area (Å²) in [6.45, 7) is 6.17. The van der Waals surface area contributed by atoms with Crippen molar-refractivity contribution in [3.63, 3.8) is 0 Å². The predicted octanol–water partition coefficient (Wildman–Crippen LogP) is 0.534. The van der Waals surface area contributed by atoms with Crippen molar-refractivity contribution < 1.29 is 14.6 Å². The SMILES string of the molecule is COCC(C)N(C)C(C)CC(C)(N)C(=O)O. The molecule has 0 saturated heterocycles. The number of carbonyl (C=O) groups is 1. The molecule has 3 N–H and O–H groups in total. The first-order valence-electron chi connectivity index (χ1n) is 5.45. The van der Waals surface area contributed by atoms with Gasteiger partial charge in [0.25, 0.3) is 0 Å². The summed E-state index contributed by atoms with van der Waals surface area (Å²) in [7, 11) is 3.60. The van der Waals surface area contributed by atoms with E-state index >= 15 is 0 Å². The molecule has 0 spiro atoms. The molecule has 0 heterocycles. The molecule has 0 saturated carbocycles. The van der Waals surface area contributed by atoms with Gasteiger partial charge in [0, 0.05) is 19.2 Å². The van der Waals surface area contributed by atoms with Crippen molar-refractivity contribution in [1.82, 2.24) is 4.90 Å². The Kier molecular flexibility index (Phi) is 5.92. The van der Waals surface area contributed by atoms with E-state index in [1.165, 1.54) is 0 Å². The molecule has 5 nitrogen and oxygen atoms in total. The number of methoxy groups -OCH3 is 1. The number of nitrogens with two attached hydrogens (primary N) is 1. The van der Waals surface area contributed by atoms with Gasteiger partial charge in [0.1, 0.15) is 5.54 Å². The molecule has 3 atom stereocenters. The third kappa shape index (κ3) is 4.47. The van der Waals surface area contributed by atoms with Gasteiger partial charge in [0.15, 0.2) is 0 Å². The van der Waals surface area contributed by atoms with Crippen LogP contribution in [0.15, 0.2) is 0 Å². The molecule has 0 bridgehead atoms.